The van der Waals surface area contributed by atoms with E-state index in [0.29, 0.717) is 11.4 Å². The summed E-state index contributed by atoms with van der Waals surface area (Å²) in [5.74, 6) is 0.775. The van der Waals surface area contributed by atoms with Gasteiger partial charge < -0.3 is 4.74 Å². The average Bonchev–Trinajstić information content (AvgIpc) is 2.51. The number of nitrogens with one attached hydrogen (secondary N) is 1. The first-order chi connectivity index (χ1) is 10.2. The lowest BCUT2D eigenvalue weighted by Gasteiger charge is -2.05. The summed E-state index contributed by atoms with van der Waals surface area (Å²) in [5.41, 5.74) is 2.87. The quantitative estimate of drug-likeness (QED) is 0.687. The third kappa shape index (κ3) is 4.16. The van der Waals surface area contributed by atoms with E-state index in [1.807, 2.05) is 0 Å². The maximum Gasteiger partial charge on any atom is 0.238 e. The molecule has 0 radical (unpaired) electrons. The third-order valence-corrected chi connectivity index (χ3v) is 2.37. The van der Waals surface area contributed by atoms with Crippen LogP contribution in [-0.2, 0) is 0 Å². The van der Waals surface area contributed by atoms with Crippen molar-refractivity contribution in [2.45, 2.75) is 0 Å². The van der Waals surface area contributed by atoms with E-state index in [2.05, 4.69) is 20.7 Å². The molecule has 0 aliphatic heterocycles. The fourth-order valence-corrected chi connectivity index (χ4v) is 1.40. The first kappa shape index (κ1) is 14.3. The molecule has 0 unspecified atom stereocenters. The van der Waals surface area contributed by atoms with Gasteiger partial charge in [0.2, 0.25) is 11.6 Å². The zero-order valence-corrected chi connectivity index (χ0v) is 11.2. The summed E-state index contributed by atoms with van der Waals surface area (Å²) in [5, 5.41) is 28.5. The first-order valence-corrected chi connectivity index (χ1v) is 6.00. The molecule has 0 bridgehead atoms. The summed E-state index contributed by atoms with van der Waals surface area (Å²) in [6.45, 7) is 0. The Hall–Kier alpha value is -3.16. The number of hydrogen-bond donors (Lipinski definition) is 1. The van der Waals surface area contributed by atoms with E-state index in [1.165, 1.54) is 0 Å². The largest absolute Gasteiger partial charge is 0.437 e. The maximum absolute atomic E-state index is 8.58. The lowest BCUT2D eigenvalue weighted by molar-refractivity contribution is 0.455. The van der Waals surface area contributed by atoms with Gasteiger partial charge in [-0.05, 0) is 18.2 Å². The standard InChI is InChI=1S/C13H7ClN6O/c14-12-4-5-13(20-19-12)21-11-3-1-2-9(6-11)17-18-10(7-15)8-16/h1-6,17H. The number of nitrogens with zero attached hydrogens (tertiary/aromatic N) is 5. The molecule has 102 valence electrons. The van der Waals surface area contributed by atoms with Crippen molar-refractivity contribution >= 4 is 23.0 Å². The lowest BCUT2D eigenvalue weighted by atomic mass is 10.3. The number of hydrogen-bond acceptors (Lipinski definition) is 7. The number of rotatable bonds is 4. The second-order valence-electron chi connectivity index (χ2n) is 3.62. The highest BCUT2D eigenvalue weighted by molar-refractivity contribution is 6.29. The van der Waals surface area contributed by atoms with Crippen LogP contribution in [0, 0.1) is 22.7 Å². The molecule has 0 fully saturated rings. The highest BCUT2D eigenvalue weighted by Crippen LogP contribution is 2.22. The van der Waals surface area contributed by atoms with Crippen LogP contribution in [0.2, 0.25) is 5.15 Å². The Labute approximate surface area is 125 Å². The Kier molecular flexibility index (Phi) is 4.65. The molecule has 2 rings (SSSR count). The van der Waals surface area contributed by atoms with Crippen molar-refractivity contribution < 1.29 is 4.74 Å². The SMILES string of the molecule is N#CC(C#N)=NNc1cccc(Oc2ccc(Cl)nn2)c1. The third-order valence-electron chi connectivity index (χ3n) is 2.17. The number of nitriles is 2. The van der Waals surface area contributed by atoms with E-state index < -0.39 is 0 Å². The van der Waals surface area contributed by atoms with Crippen molar-refractivity contribution in [3.63, 3.8) is 0 Å². The van der Waals surface area contributed by atoms with Gasteiger partial charge in [-0.15, -0.1) is 10.2 Å². The minimum Gasteiger partial charge on any atom is -0.437 e. The molecule has 0 aliphatic rings. The van der Waals surface area contributed by atoms with Gasteiger partial charge in [-0.2, -0.15) is 15.6 Å². The molecule has 0 spiro atoms. The van der Waals surface area contributed by atoms with Crippen LogP contribution in [0.25, 0.3) is 0 Å². The van der Waals surface area contributed by atoms with Gasteiger partial charge >= 0.3 is 0 Å². The number of hydrazone groups is 1. The van der Waals surface area contributed by atoms with Crippen LogP contribution in [0.1, 0.15) is 0 Å². The highest BCUT2D eigenvalue weighted by Gasteiger charge is 2.01. The zero-order valence-electron chi connectivity index (χ0n) is 10.5. The predicted octanol–water partition coefficient (Wildman–Crippen LogP) is 2.74. The number of aromatic nitrogens is 2. The van der Waals surface area contributed by atoms with Crippen LogP contribution in [0.3, 0.4) is 0 Å². The van der Waals surface area contributed by atoms with Crippen LogP contribution in [0.15, 0.2) is 41.5 Å². The normalized spacial score (nSPS) is 9.10. The van der Waals surface area contributed by atoms with Crippen LogP contribution >= 0.6 is 11.6 Å². The summed E-state index contributed by atoms with van der Waals surface area (Å²) >= 11 is 5.63. The molecule has 21 heavy (non-hydrogen) atoms. The van der Waals surface area contributed by atoms with Crippen LogP contribution in [0.4, 0.5) is 5.69 Å². The minimum atomic E-state index is -0.273. The predicted molar refractivity (Wildman–Crippen MR) is 75.8 cm³/mol. The van der Waals surface area contributed by atoms with Gasteiger partial charge in [-0.3, -0.25) is 5.43 Å². The Morgan fingerprint density at radius 1 is 1.19 bits per heavy atom. The monoisotopic (exact) mass is 298 g/mol. The molecule has 0 saturated heterocycles. The number of benzene rings is 1. The lowest BCUT2D eigenvalue weighted by Crippen LogP contribution is -1.96. The number of halogens is 1. The Morgan fingerprint density at radius 2 is 2.00 bits per heavy atom. The summed E-state index contributed by atoms with van der Waals surface area (Å²) in [4.78, 5) is 0. The van der Waals surface area contributed by atoms with Gasteiger partial charge in [-0.25, -0.2) is 0 Å². The molecule has 8 heteroatoms. The summed E-state index contributed by atoms with van der Waals surface area (Å²) < 4.78 is 5.48. The fourth-order valence-electron chi connectivity index (χ4n) is 1.30. The Bertz CT molecular complexity index is 728. The average molecular weight is 299 g/mol. The van der Waals surface area contributed by atoms with Crippen LogP contribution in [0.5, 0.6) is 11.6 Å². The van der Waals surface area contributed by atoms with E-state index in [1.54, 1.807) is 48.5 Å². The van der Waals surface area contributed by atoms with E-state index in [-0.39, 0.29) is 16.7 Å². The fraction of sp³-hybridized carbons (Fsp3) is 0. The van der Waals surface area contributed by atoms with E-state index in [0.717, 1.165) is 0 Å². The van der Waals surface area contributed by atoms with Crippen LogP contribution < -0.4 is 10.2 Å². The first-order valence-electron chi connectivity index (χ1n) is 5.62. The van der Waals surface area contributed by atoms with Gasteiger partial charge in [0, 0.05) is 12.1 Å². The molecule has 7 nitrogen and oxygen atoms in total. The van der Waals surface area contributed by atoms with Gasteiger partial charge in [0.05, 0.1) is 5.69 Å². The molecule has 0 atom stereocenters. The van der Waals surface area contributed by atoms with E-state index >= 15 is 0 Å². The van der Waals surface area contributed by atoms with Crippen molar-refractivity contribution in [2.24, 2.45) is 5.10 Å². The molecule has 0 aliphatic carbocycles. The minimum absolute atomic E-state index is 0.271. The highest BCUT2D eigenvalue weighted by atomic mass is 35.5. The van der Waals surface area contributed by atoms with Gasteiger partial charge in [0.25, 0.3) is 0 Å². The van der Waals surface area contributed by atoms with Crippen molar-refractivity contribution in [1.29, 1.82) is 10.5 Å². The second-order valence-corrected chi connectivity index (χ2v) is 4.01. The second kappa shape index (κ2) is 6.85. The van der Waals surface area contributed by atoms with Crippen molar-refractivity contribution in [2.75, 3.05) is 5.43 Å². The summed E-state index contributed by atoms with van der Waals surface area (Å²) in [6, 6.07) is 13.2. The van der Waals surface area contributed by atoms with Crippen molar-refractivity contribution in [3.8, 4) is 23.8 Å². The molecular weight excluding hydrogens is 292 g/mol. The summed E-state index contributed by atoms with van der Waals surface area (Å²) in [6.07, 6.45) is 0. The van der Waals surface area contributed by atoms with Gasteiger partial charge in [-0.1, -0.05) is 17.7 Å². The molecule has 2 aromatic rings. The molecule has 1 aromatic heterocycles. The summed E-state index contributed by atoms with van der Waals surface area (Å²) in [7, 11) is 0. The zero-order chi connectivity index (χ0) is 15.1. The number of anilines is 1. The van der Waals surface area contributed by atoms with Crippen LogP contribution in [-0.4, -0.2) is 15.9 Å². The van der Waals surface area contributed by atoms with E-state index in [9.17, 15) is 0 Å². The number of ether oxygens (including phenoxy) is 1. The topological polar surface area (TPSA) is 107 Å². The smallest absolute Gasteiger partial charge is 0.238 e. The molecule has 0 amide bonds. The van der Waals surface area contributed by atoms with Crippen molar-refractivity contribution in [3.05, 3.63) is 41.6 Å². The molecule has 1 N–H and O–H groups in total. The maximum atomic E-state index is 8.58. The molecule has 1 aromatic carbocycles. The van der Waals surface area contributed by atoms with Gasteiger partial charge in [0.15, 0.2) is 5.15 Å². The molecule has 1 heterocycles. The Morgan fingerprint density at radius 3 is 2.67 bits per heavy atom. The van der Waals surface area contributed by atoms with Gasteiger partial charge in [0.1, 0.15) is 17.9 Å². The molecule has 0 saturated carbocycles. The van der Waals surface area contributed by atoms with Crippen molar-refractivity contribution in [1.82, 2.24) is 10.2 Å². The Balaban J connectivity index is 2.11. The molecular formula is C13H7ClN6O. The van der Waals surface area contributed by atoms with E-state index in [4.69, 9.17) is 26.9 Å².